The molecular formula is C22H27FN3NaO6S. The van der Waals surface area contributed by atoms with Crippen LogP contribution < -0.4 is 39.0 Å². The predicted octanol–water partition coefficient (Wildman–Crippen LogP) is -1.93. The van der Waals surface area contributed by atoms with Gasteiger partial charge >= 0.3 is 29.6 Å². The summed E-state index contributed by atoms with van der Waals surface area (Å²) in [5.41, 5.74) is -0.890. The second kappa shape index (κ2) is 12.7. The van der Waals surface area contributed by atoms with Crippen molar-refractivity contribution >= 4 is 28.0 Å². The fourth-order valence-electron chi connectivity index (χ4n) is 2.82. The van der Waals surface area contributed by atoms with Crippen molar-refractivity contribution in [2.75, 3.05) is 17.6 Å². The van der Waals surface area contributed by atoms with E-state index in [1.165, 1.54) is 12.1 Å². The minimum absolute atomic E-state index is 0. The molecule has 34 heavy (non-hydrogen) atoms. The molecule has 0 aliphatic carbocycles. The normalized spacial score (nSPS) is 16.9. The minimum atomic E-state index is -4.01. The number of aliphatic hydroxyl groups is 2. The Bertz CT molecular complexity index is 1310. The summed E-state index contributed by atoms with van der Waals surface area (Å²) in [7, 11) is -2.94. The van der Waals surface area contributed by atoms with E-state index in [2.05, 4.69) is 9.97 Å². The molecule has 1 heterocycles. The number of hydrogen-bond donors (Lipinski definition) is 2. The van der Waals surface area contributed by atoms with Crippen LogP contribution in [-0.4, -0.2) is 60.1 Å². The Labute approximate surface area is 229 Å². The number of carbonyl (C=O) groups excluding carboxylic acids is 1. The van der Waals surface area contributed by atoms with Gasteiger partial charge in [-0.15, -0.1) is 0 Å². The smallest absolute Gasteiger partial charge is 0.550 e. The van der Waals surface area contributed by atoms with Gasteiger partial charge in [0.2, 0.25) is 16.0 Å². The number of aliphatic carboxylic acids is 1. The average molecular weight is 510 g/mol. The predicted molar refractivity (Wildman–Crippen MR) is 120 cm³/mol. The Kier molecular flexibility index (Phi) is 8.00. The molecule has 2 rings (SSSR count). The van der Waals surface area contributed by atoms with Crippen molar-refractivity contribution in [3.8, 4) is 11.3 Å². The molecule has 0 amide bonds. The largest absolute Gasteiger partial charge is 1.00 e. The Morgan fingerprint density at radius 2 is 1.88 bits per heavy atom. The molecule has 0 aliphatic heterocycles. The number of halogens is 1. The number of carboxylic acids is 1. The molecule has 0 aliphatic rings. The van der Waals surface area contributed by atoms with E-state index in [0.29, 0.717) is 4.31 Å². The Balaban J connectivity index is 0.00000800. The van der Waals surface area contributed by atoms with E-state index in [1.807, 2.05) is 0 Å². The molecule has 180 valence electrons. The summed E-state index contributed by atoms with van der Waals surface area (Å²) in [5.74, 6) is -5.01. The molecule has 2 aromatic rings. The Morgan fingerprint density at radius 1 is 1.26 bits per heavy atom. The zero-order valence-electron chi connectivity index (χ0n) is 24.8. The van der Waals surface area contributed by atoms with Crippen molar-refractivity contribution in [2.24, 2.45) is 0 Å². The van der Waals surface area contributed by atoms with Crippen LogP contribution in [0.1, 0.15) is 51.9 Å². The van der Waals surface area contributed by atoms with Crippen LogP contribution in [-0.2, 0) is 14.8 Å². The summed E-state index contributed by atoms with van der Waals surface area (Å²) < 4.78 is 86.3. The number of sulfonamides is 1. The zero-order valence-corrected chi connectivity index (χ0v) is 21.6. The van der Waals surface area contributed by atoms with Crippen molar-refractivity contribution in [1.29, 1.82) is 0 Å². The molecule has 1 aromatic carbocycles. The number of carbonyl (C=O) groups is 1. The van der Waals surface area contributed by atoms with Gasteiger partial charge in [0.25, 0.3) is 0 Å². The number of carboxylic acid groups (broad SMARTS) is 1. The maximum atomic E-state index is 13.7. The fraction of sp³-hybridized carbons (Fsp3) is 0.409. The molecular weight excluding hydrogens is 476 g/mol. The Morgan fingerprint density at radius 3 is 2.41 bits per heavy atom. The first-order chi connectivity index (χ1) is 17.7. The third kappa shape index (κ3) is 8.40. The first-order valence-electron chi connectivity index (χ1n) is 12.6. The molecule has 0 spiro atoms. The topological polar surface area (TPSA) is 144 Å². The van der Waals surface area contributed by atoms with E-state index >= 15 is 0 Å². The van der Waals surface area contributed by atoms with Crippen LogP contribution in [0.4, 0.5) is 10.3 Å². The van der Waals surface area contributed by atoms with Crippen molar-refractivity contribution < 1.29 is 70.7 Å². The second-order valence-corrected chi connectivity index (χ2v) is 9.25. The van der Waals surface area contributed by atoms with E-state index in [4.69, 9.17) is 8.22 Å². The van der Waals surface area contributed by atoms with Gasteiger partial charge in [-0.05, 0) is 30.2 Å². The van der Waals surface area contributed by atoms with Gasteiger partial charge in [0.05, 0.1) is 29.9 Å². The van der Waals surface area contributed by atoms with Crippen molar-refractivity contribution in [3.63, 3.8) is 0 Å². The van der Waals surface area contributed by atoms with E-state index in [0.717, 1.165) is 37.6 Å². The Hall–Kier alpha value is -1.89. The molecule has 1 aromatic heterocycles. The molecule has 0 saturated heterocycles. The van der Waals surface area contributed by atoms with Crippen molar-refractivity contribution in [1.82, 2.24) is 9.97 Å². The maximum Gasteiger partial charge on any atom is 1.00 e. The van der Waals surface area contributed by atoms with Crippen molar-refractivity contribution in [3.05, 3.63) is 47.4 Å². The van der Waals surface area contributed by atoms with Gasteiger partial charge in [0.1, 0.15) is 5.82 Å². The standard InChI is InChI=1S/C22H28FN3O6S.Na/c1-13(2)20-18(10-9-16(27)11-17(28)12-19(29)30)21(14-5-7-15(23)8-6-14)25-22(24-20)26(3)33(4,31)32;/h5-10,13,16-17,27-28H,11-12H2,1-4H3,(H,29,30);/q;+1/p-1/t16-,17-;/m1./s1/i1D3,2D3;. The quantitative estimate of drug-likeness (QED) is 0.353. The van der Waals surface area contributed by atoms with Gasteiger partial charge in [0, 0.05) is 45.2 Å². The number of hydrogen-bond acceptors (Lipinski definition) is 8. The summed E-state index contributed by atoms with van der Waals surface area (Å²) in [5, 5.41) is 30.8. The van der Waals surface area contributed by atoms with E-state index < -0.39 is 78.1 Å². The molecule has 0 saturated carbocycles. The summed E-state index contributed by atoms with van der Waals surface area (Å²) in [4.78, 5) is 18.9. The summed E-state index contributed by atoms with van der Waals surface area (Å²) in [6.07, 6.45) is -1.30. The van der Waals surface area contributed by atoms with Gasteiger partial charge in [-0.25, -0.2) is 27.1 Å². The maximum absolute atomic E-state index is 13.7. The monoisotopic (exact) mass is 509 g/mol. The summed E-state index contributed by atoms with van der Waals surface area (Å²) in [6, 6.07) is 4.56. The number of anilines is 1. The van der Waals surface area contributed by atoms with Gasteiger partial charge in [-0.1, -0.05) is 25.9 Å². The van der Waals surface area contributed by atoms with E-state index in [1.54, 1.807) is 0 Å². The van der Waals surface area contributed by atoms with Crippen molar-refractivity contribution in [2.45, 2.75) is 44.7 Å². The van der Waals surface area contributed by atoms with Crippen LogP contribution in [0.3, 0.4) is 0 Å². The number of benzene rings is 1. The van der Waals surface area contributed by atoms with Crippen LogP contribution in [0, 0.1) is 5.82 Å². The van der Waals surface area contributed by atoms with Crippen LogP contribution in [0.5, 0.6) is 0 Å². The molecule has 12 heteroatoms. The van der Waals surface area contributed by atoms with Crippen LogP contribution in [0.25, 0.3) is 17.3 Å². The van der Waals surface area contributed by atoms with Crippen LogP contribution in [0.15, 0.2) is 30.3 Å². The number of rotatable bonds is 10. The second-order valence-electron chi connectivity index (χ2n) is 7.23. The molecule has 0 radical (unpaired) electrons. The van der Waals surface area contributed by atoms with Gasteiger partial charge in [-0.3, -0.25) is 0 Å². The van der Waals surface area contributed by atoms with Gasteiger partial charge in [0.15, 0.2) is 0 Å². The number of aliphatic hydroxyl groups excluding tert-OH is 2. The number of nitrogens with zero attached hydrogens (tertiary/aromatic N) is 3. The van der Waals surface area contributed by atoms with Crippen LogP contribution >= 0.6 is 0 Å². The SMILES string of the molecule is [2H]C([2H])([2H])C(c1nc(N(C)S(C)(=O)=O)nc(-c2ccc(F)cc2)c1C=C[C@@H](O)C[C@@H](O)CC(=O)[O-])C([2H])([2H])[2H].[Na+]. The first kappa shape index (κ1) is 21.4. The van der Waals surface area contributed by atoms with Gasteiger partial charge in [-0.2, -0.15) is 0 Å². The van der Waals surface area contributed by atoms with Gasteiger partial charge < -0.3 is 20.1 Å². The van der Waals surface area contributed by atoms with Crippen LogP contribution in [0.2, 0.25) is 0 Å². The minimum Gasteiger partial charge on any atom is -0.550 e. The number of aromatic nitrogens is 2. The molecule has 0 bridgehead atoms. The third-order valence-corrected chi connectivity index (χ3v) is 5.69. The third-order valence-electron chi connectivity index (χ3n) is 4.53. The molecule has 0 fully saturated rings. The zero-order chi connectivity index (χ0) is 29.9. The molecule has 2 atom stereocenters. The molecule has 9 nitrogen and oxygen atoms in total. The molecule has 2 N–H and O–H groups in total. The molecule has 0 unspecified atom stereocenters. The van der Waals surface area contributed by atoms with E-state index in [9.17, 15) is 32.9 Å². The fourth-order valence-corrected chi connectivity index (χ4v) is 3.19. The average Bonchev–Trinajstić information content (AvgIpc) is 2.74. The summed E-state index contributed by atoms with van der Waals surface area (Å²) >= 11 is 0. The first-order valence-corrected chi connectivity index (χ1v) is 11.4. The summed E-state index contributed by atoms with van der Waals surface area (Å²) in [6.45, 7) is -6.35. The van der Waals surface area contributed by atoms with E-state index in [-0.39, 0.29) is 46.4 Å².